The van der Waals surface area contributed by atoms with E-state index in [1.165, 1.54) is 0 Å². The molecule has 2 amide bonds. The van der Waals surface area contributed by atoms with Gasteiger partial charge in [-0.15, -0.1) is 0 Å². The van der Waals surface area contributed by atoms with Crippen LogP contribution in [-0.4, -0.2) is 62.8 Å². The lowest BCUT2D eigenvalue weighted by atomic mass is 9.96. The molecular weight excluding hydrogens is 468 g/mol. The summed E-state index contributed by atoms with van der Waals surface area (Å²) in [5.74, 6) is 1.16. The third kappa shape index (κ3) is 4.99. The summed E-state index contributed by atoms with van der Waals surface area (Å²) in [5.41, 5.74) is 4.11. The van der Waals surface area contributed by atoms with Crippen LogP contribution in [0.15, 0.2) is 60.9 Å². The fraction of sp³-hybridized carbons (Fsp3) is 0.357. The average molecular weight is 499 g/mol. The Hall–Kier alpha value is -3.98. The quantitative estimate of drug-likeness (QED) is 0.430. The zero-order valence-corrected chi connectivity index (χ0v) is 20.6. The first-order chi connectivity index (χ1) is 18.1. The summed E-state index contributed by atoms with van der Waals surface area (Å²) in [4.78, 5) is 35.9. The van der Waals surface area contributed by atoms with Gasteiger partial charge in [-0.2, -0.15) is 5.10 Å². The van der Waals surface area contributed by atoms with Crippen LogP contribution in [0.2, 0.25) is 0 Å². The number of rotatable bonds is 5. The number of anilines is 1. The molecule has 0 aliphatic carbocycles. The molecule has 0 bridgehead atoms. The van der Waals surface area contributed by atoms with Gasteiger partial charge in [-0.3, -0.25) is 9.59 Å². The maximum Gasteiger partial charge on any atom is 0.253 e. The van der Waals surface area contributed by atoms with Crippen molar-refractivity contribution in [3.05, 3.63) is 72.3 Å². The van der Waals surface area contributed by atoms with E-state index in [1.54, 1.807) is 17.1 Å². The Morgan fingerprint density at radius 1 is 1.03 bits per heavy atom. The highest BCUT2D eigenvalue weighted by Crippen LogP contribution is 2.28. The Labute approximate surface area is 214 Å². The van der Waals surface area contributed by atoms with Crippen LogP contribution < -0.4 is 5.32 Å². The van der Waals surface area contributed by atoms with Crippen LogP contribution in [0.4, 0.5) is 5.69 Å². The number of para-hydroxylation sites is 2. The van der Waals surface area contributed by atoms with Crippen molar-refractivity contribution in [3.63, 3.8) is 0 Å². The zero-order valence-electron chi connectivity index (χ0n) is 20.6. The molecular formula is C28H30N6O3. The number of carbonyl (C=O) groups excluding carboxylic acids is 2. The summed E-state index contributed by atoms with van der Waals surface area (Å²) < 4.78 is 7.04. The summed E-state index contributed by atoms with van der Waals surface area (Å²) in [5, 5.41) is 7.34. The summed E-state index contributed by atoms with van der Waals surface area (Å²) in [6, 6.07) is 15.5. The van der Waals surface area contributed by atoms with Gasteiger partial charge in [0.2, 0.25) is 5.91 Å². The van der Waals surface area contributed by atoms with Crippen molar-refractivity contribution in [3.8, 4) is 5.69 Å². The molecule has 0 saturated carbocycles. The molecule has 2 N–H and O–H groups in total. The van der Waals surface area contributed by atoms with Gasteiger partial charge in [0.1, 0.15) is 5.82 Å². The SMILES string of the molecule is O=C(Nc1cnn(-c2ccc(C(=O)N3CCC[C@@H](c4nc5ccccc5[nH]4)C3)cc2)c1)C1CCOCC1. The van der Waals surface area contributed by atoms with Gasteiger partial charge < -0.3 is 19.9 Å². The largest absolute Gasteiger partial charge is 0.381 e. The average Bonchev–Trinajstić information content (AvgIpc) is 3.61. The Kier molecular flexibility index (Phi) is 6.44. The van der Waals surface area contributed by atoms with Gasteiger partial charge in [-0.1, -0.05) is 12.1 Å². The van der Waals surface area contributed by atoms with Gasteiger partial charge in [0.15, 0.2) is 0 Å². The fourth-order valence-corrected chi connectivity index (χ4v) is 5.22. The monoisotopic (exact) mass is 498 g/mol. The molecule has 0 radical (unpaired) electrons. The van der Waals surface area contributed by atoms with E-state index in [1.807, 2.05) is 53.4 Å². The number of nitrogens with one attached hydrogen (secondary N) is 2. The molecule has 37 heavy (non-hydrogen) atoms. The number of hydrogen-bond acceptors (Lipinski definition) is 5. The van der Waals surface area contributed by atoms with E-state index < -0.39 is 0 Å². The van der Waals surface area contributed by atoms with Crippen molar-refractivity contribution in [2.75, 3.05) is 31.6 Å². The number of likely N-dealkylation sites (tertiary alicyclic amines) is 1. The number of imidazole rings is 1. The van der Waals surface area contributed by atoms with Crippen LogP contribution >= 0.6 is 0 Å². The molecule has 190 valence electrons. The maximum atomic E-state index is 13.3. The number of amides is 2. The Morgan fingerprint density at radius 2 is 1.84 bits per heavy atom. The zero-order chi connectivity index (χ0) is 25.2. The minimum Gasteiger partial charge on any atom is -0.381 e. The molecule has 4 heterocycles. The van der Waals surface area contributed by atoms with Gasteiger partial charge in [0, 0.05) is 43.7 Å². The van der Waals surface area contributed by atoms with Gasteiger partial charge in [-0.25, -0.2) is 9.67 Å². The Morgan fingerprint density at radius 3 is 2.65 bits per heavy atom. The van der Waals surface area contributed by atoms with Crippen LogP contribution in [0.1, 0.15) is 47.8 Å². The molecule has 9 heteroatoms. The van der Waals surface area contributed by atoms with Crippen LogP contribution in [0, 0.1) is 5.92 Å². The number of fused-ring (bicyclic) bond motifs is 1. The number of ether oxygens (including phenoxy) is 1. The molecule has 0 unspecified atom stereocenters. The normalized spacial score (nSPS) is 18.7. The van der Waals surface area contributed by atoms with Crippen molar-refractivity contribution in [2.24, 2.45) is 5.92 Å². The molecule has 2 aromatic carbocycles. The van der Waals surface area contributed by atoms with Gasteiger partial charge in [-0.05, 0) is 62.1 Å². The molecule has 2 saturated heterocycles. The molecule has 2 aliphatic heterocycles. The second-order valence-corrected chi connectivity index (χ2v) is 9.83. The van der Waals surface area contributed by atoms with E-state index in [0.29, 0.717) is 31.0 Å². The van der Waals surface area contributed by atoms with Gasteiger partial charge in [0.05, 0.1) is 34.8 Å². The summed E-state index contributed by atoms with van der Waals surface area (Å²) in [7, 11) is 0. The van der Waals surface area contributed by atoms with E-state index >= 15 is 0 Å². The van der Waals surface area contributed by atoms with Crippen molar-refractivity contribution in [1.82, 2.24) is 24.6 Å². The standard InChI is InChI=1S/C28H30N6O3/c35-27(19-11-14-37-15-12-19)30-22-16-29-34(18-22)23-9-7-20(8-10-23)28(36)33-13-3-4-21(17-33)26-31-24-5-1-2-6-25(24)32-26/h1-2,5-10,16,18-19,21H,3-4,11-15,17H2,(H,30,35)(H,31,32)/t21-/m1/s1. The molecule has 2 aliphatic rings. The maximum absolute atomic E-state index is 13.3. The highest BCUT2D eigenvalue weighted by molar-refractivity contribution is 5.94. The number of benzene rings is 2. The lowest BCUT2D eigenvalue weighted by molar-refractivity contribution is -0.122. The molecule has 0 spiro atoms. The van der Waals surface area contributed by atoms with Crippen molar-refractivity contribution >= 4 is 28.5 Å². The first-order valence-corrected chi connectivity index (χ1v) is 12.9. The predicted molar refractivity (Wildman–Crippen MR) is 140 cm³/mol. The first-order valence-electron chi connectivity index (χ1n) is 12.9. The van der Waals surface area contributed by atoms with Crippen LogP contribution in [0.25, 0.3) is 16.7 Å². The third-order valence-corrected chi connectivity index (χ3v) is 7.32. The number of carbonyl (C=O) groups is 2. The molecule has 2 fully saturated rings. The van der Waals surface area contributed by atoms with Crippen molar-refractivity contribution in [2.45, 2.75) is 31.6 Å². The van der Waals surface area contributed by atoms with Crippen LogP contribution in [-0.2, 0) is 9.53 Å². The molecule has 1 atom stereocenters. The smallest absolute Gasteiger partial charge is 0.253 e. The van der Waals surface area contributed by atoms with E-state index in [9.17, 15) is 9.59 Å². The Bertz CT molecular complexity index is 1370. The van der Waals surface area contributed by atoms with E-state index in [-0.39, 0.29) is 23.7 Å². The number of H-pyrrole nitrogens is 1. The highest BCUT2D eigenvalue weighted by Gasteiger charge is 2.27. The summed E-state index contributed by atoms with van der Waals surface area (Å²) in [6.45, 7) is 2.64. The number of aromatic amines is 1. The lowest BCUT2D eigenvalue weighted by Crippen LogP contribution is -2.39. The minimum atomic E-state index is -0.0244. The second kappa shape index (κ2) is 10.2. The summed E-state index contributed by atoms with van der Waals surface area (Å²) >= 11 is 0. The Balaban J connectivity index is 1.10. The van der Waals surface area contributed by atoms with E-state index in [4.69, 9.17) is 9.72 Å². The summed E-state index contributed by atoms with van der Waals surface area (Å²) in [6.07, 6.45) is 6.87. The van der Waals surface area contributed by atoms with Gasteiger partial charge >= 0.3 is 0 Å². The molecule has 9 nitrogen and oxygen atoms in total. The number of hydrogen-bond donors (Lipinski definition) is 2. The van der Waals surface area contributed by atoms with Gasteiger partial charge in [0.25, 0.3) is 5.91 Å². The highest BCUT2D eigenvalue weighted by atomic mass is 16.5. The van der Waals surface area contributed by atoms with Crippen LogP contribution in [0.3, 0.4) is 0 Å². The molecule has 2 aromatic heterocycles. The van der Waals surface area contributed by atoms with E-state index in [0.717, 1.165) is 54.8 Å². The number of aromatic nitrogens is 4. The van der Waals surface area contributed by atoms with Crippen molar-refractivity contribution < 1.29 is 14.3 Å². The molecule has 6 rings (SSSR count). The molecule has 4 aromatic rings. The third-order valence-electron chi connectivity index (χ3n) is 7.32. The topological polar surface area (TPSA) is 105 Å². The minimum absolute atomic E-state index is 0.00581. The lowest BCUT2D eigenvalue weighted by Gasteiger charge is -2.32. The fourth-order valence-electron chi connectivity index (χ4n) is 5.22. The first kappa shape index (κ1) is 23.4. The second-order valence-electron chi connectivity index (χ2n) is 9.83. The number of nitrogens with zero attached hydrogens (tertiary/aromatic N) is 4. The van der Waals surface area contributed by atoms with Crippen molar-refractivity contribution in [1.29, 1.82) is 0 Å². The predicted octanol–water partition coefficient (Wildman–Crippen LogP) is 4.13. The van der Waals surface area contributed by atoms with E-state index in [2.05, 4.69) is 15.4 Å². The van der Waals surface area contributed by atoms with Crippen LogP contribution in [0.5, 0.6) is 0 Å². The number of piperidine rings is 1.